The van der Waals surface area contributed by atoms with Crippen molar-refractivity contribution in [2.24, 2.45) is 0 Å². The summed E-state index contributed by atoms with van der Waals surface area (Å²) >= 11 is 3.29. The van der Waals surface area contributed by atoms with Gasteiger partial charge < -0.3 is 4.74 Å². The molecule has 2 aromatic carbocycles. The largest absolute Gasteiger partial charge is 0.457 e. The van der Waals surface area contributed by atoms with E-state index in [9.17, 15) is 4.79 Å². The number of thioether (sulfide) groups is 1. The molecular formula is C22H17NO2S2. The van der Waals surface area contributed by atoms with Crippen LogP contribution in [0.25, 0.3) is 21.5 Å². The van der Waals surface area contributed by atoms with Gasteiger partial charge in [-0.1, -0.05) is 36.4 Å². The summed E-state index contributed by atoms with van der Waals surface area (Å²) in [5, 5.41) is 2.81. The van der Waals surface area contributed by atoms with Crippen molar-refractivity contribution < 1.29 is 9.53 Å². The minimum absolute atomic E-state index is 0.248. The highest BCUT2D eigenvalue weighted by Crippen LogP contribution is 2.28. The predicted molar refractivity (Wildman–Crippen MR) is 112 cm³/mol. The number of nitrogens with zero attached hydrogens (tertiary/aromatic N) is 1. The first-order valence-electron chi connectivity index (χ1n) is 8.48. The van der Waals surface area contributed by atoms with E-state index in [2.05, 4.69) is 0 Å². The SMILES string of the molecule is CSc1ccc(COC(=O)c2cc(-c3cccs3)nc3ccccc23)cc1. The van der Waals surface area contributed by atoms with Crippen LogP contribution in [0, 0.1) is 0 Å². The zero-order chi connectivity index (χ0) is 18.6. The second-order valence-corrected chi connectivity index (χ2v) is 7.80. The molecule has 0 aliphatic heterocycles. The van der Waals surface area contributed by atoms with Crippen LogP contribution in [-0.4, -0.2) is 17.2 Å². The third-order valence-corrected chi connectivity index (χ3v) is 5.87. The molecule has 2 heterocycles. The fraction of sp³-hybridized carbons (Fsp3) is 0.0909. The lowest BCUT2D eigenvalue weighted by molar-refractivity contribution is 0.0475. The fourth-order valence-electron chi connectivity index (χ4n) is 2.84. The molecule has 134 valence electrons. The number of esters is 1. The molecule has 0 aliphatic carbocycles. The summed E-state index contributed by atoms with van der Waals surface area (Å²) < 4.78 is 5.60. The van der Waals surface area contributed by atoms with E-state index in [4.69, 9.17) is 9.72 Å². The van der Waals surface area contributed by atoms with Gasteiger partial charge in [0.1, 0.15) is 6.61 Å². The van der Waals surface area contributed by atoms with Gasteiger partial charge in [0.25, 0.3) is 0 Å². The lowest BCUT2D eigenvalue weighted by Crippen LogP contribution is -2.07. The molecule has 0 saturated heterocycles. The number of thiophene rings is 1. The summed E-state index contributed by atoms with van der Waals surface area (Å²) in [5.74, 6) is -0.333. The van der Waals surface area contributed by atoms with Crippen molar-refractivity contribution >= 4 is 40.0 Å². The van der Waals surface area contributed by atoms with Crippen molar-refractivity contribution in [3.63, 3.8) is 0 Å². The molecule has 0 radical (unpaired) electrons. The molecule has 0 N–H and O–H groups in total. The van der Waals surface area contributed by atoms with Crippen LogP contribution < -0.4 is 0 Å². The smallest absolute Gasteiger partial charge is 0.339 e. The van der Waals surface area contributed by atoms with Gasteiger partial charge in [-0.05, 0) is 47.5 Å². The van der Waals surface area contributed by atoms with E-state index in [1.54, 1.807) is 23.1 Å². The Morgan fingerprint density at radius 3 is 2.63 bits per heavy atom. The van der Waals surface area contributed by atoms with Gasteiger partial charge >= 0.3 is 5.97 Å². The Bertz CT molecular complexity index is 1070. The van der Waals surface area contributed by atoms with Gasteiger partial charge in [0, 0.05) is 10.3 Å². The third kappa shape index (κ3) is 3.89. The van der Waals surface area contributed by atoms with Gasteiger partial charge in [-0.2, -0.15) is 0 Å². The highest BCUT2D eigenvalue weighted by molar-refractivity contribution is 7.98. The molecule has 5 heteroatoms. The van der Waals surface area contributed by atoms with Gasteiger partial charge in [0.05, 0.1) is 21.7 Å². The van der Waals surface area contributed by atoms with Crippen LogP contribution in [0.2, 0.25) is 0 Å². The van der Waals surface area contributed by atoms with Crippen molar-refractivity contribution in [3.8, 4) is 10.6 Å². The first-order chi connectivity index (χ1) is 13.2. The number of pyridine rings is 1. The van der Waals surface area contributed by atoms with Gasteiger partial charge in [0.15, 0.2) is 0 Å². The quantitative estimate of drug-likeness (QED) is 0.307. The number of rotatable bonds is 5. The average molecular weight is 392 g/mol. The second-order valence-electron chi connectivity index (χ2n) is 5.97. The Kier molecular flexibility index (Phi) is 5.23. The maximum Gasteiger partial charge on any atom is 0.339 e. The molecule has 4 aromatic rings. The maximum atomic E-state index is 12.8. The highest BCUT2D eigenvalue weighted by atomic mass is 32.2. The van der Waals surface area contributed by atoms with E-state index >= 15 is 0 Å². The monoisotopic (exact) mass is 391 g/mol. The highest BCUT2D eigenvalue weighted by Gasteiger charge is 2.15. The number of hydrogen-bond donors (Lipinski definition) is 0. The molecule has 0 unspecified atom stereocenters. The molecule has 0 bridgehead atoms. The Labute approximate surface area is 166 Å². The zero-order valence-electron chi connectivity index (χ0n) is 14.7. The topological polar surface area (TPSA) is 39.2 Å². The summed E-state index contributed by atoms with van der Waals surface area (Å²) in [5.41, 5.74) is 3.10. The molecule has 27 heavy (non-hydrogen) atoms. The van der Waals surface area contributed by atoms with Crippen LogP contribution in [-0.2, 0) is 11.3 Å². The number of fused-ring (bicyclic) bond motifs is 1. The average Bonchev–Trinajstić information content (AvgIpc) is 3.26. The molecule has 0 amide bonds. The van der Waals surface area contributed by atoms with E-state index in [-0.39, 0.29) is 12.6 Å². The second kappa shape index (κ2) is 7.94. The predicted octanol–water partition coefficient (Wildman–Crippen LogP) is 6.04. The Balaban J connectivity index is 1.63. The zero-order valence-corrected chi connectivity index (χ0v) is 16.3. The van der Waals surface area contributed by atoms with Crippen molar-refractivity contribution in [2.75, 3.05) is 6.26 Å². The first-order valence-corrected chi connectivity index (χ1v) is 10.6. The van der Waals surface area contributed by atoms with Gasteiger partial charge in [-0.3, -0.25) is 0 Å². The van der Waals surface area contributed by atoms with E-state index in [1.807, 2.05) is 78.4 Å². The minimum atomic E-state index is -0.333. The lowest BCUT2D eigenvalue weighted by Gasteiger charge is -2.10. The van der Waals surface area contributed by atoms with E-state index in [0.29, 0.717) is 5.56 Å². The summed E-state index contributed by atoms with van der Waals surface area (Å²) in [4.78, 5) is 19.7. The van der Waals surface area contributed by atoms with E-state index in [0.717, 1.165) is 27.0 Å². The molecule has 0 spiro atoms. The van der Waals surface area contributed by atoms with Crippen LogP contribution in [0.15, 0.2) is 77.0 Å². The minimum Gasteiger partial charge on any atom is -0.457 e. The third-order valence-electron chi connectivity index (χ3n) is 4.24. The molecule has 0 saturated carbocycles. The number of carbonyl (C=O) groups excluding carboxylic acids is 1. The molecule has 3 nitrogen and oxygen atoms in total. The summed E-state index contributed by atoms with van der Waals surface area (Å²) in [7, 11) is 0. The van der Waals surface area contributed by atoms with Crippen molar-refractivity contribution in [3.05, 3.63) is 83.2 Å². The van der Waals surface area contributed by atoms with E-state index in [1.165, 1.54) is 4.90 Å². The number of benzene rings is 2. The fourth-order valence-corrected chi connectivity index (χ4v) is 3.94. The number of aromatic nitrogens is 1. The first kappa shape index (κ1) is 17.8. The lowest BCUT2D eigenvalue weighted by atomic mass is 10.1. The molecular weight excluding hydrogens is 374 g/mol. The van der Waals surface area contributed by atoms with Crippen LogP contribution in [0.5, 0.6) is 0 Å². The number of carbonyl (C=O) groups is 1. The molecule has 0 aliphatic rings. The summed E-state index contributed by atoms with van der Waals surface area (Å²) in [6.45, 7) is 0.248. The number of hydrogen-bond acceptors (Lipinski definition) is 5. The Morgan fingerprint density at radius 2 is 1.89 bits per heavy atom. The molecule has 0 fully saturated rings. The normalized spacial score (nSPS) is 10.9. The number of ether oxygens (including phenoxy) is 1. The molecule has 2 aromatic heterocycles. The van der Waals surface area contributed by atoms with Gasteiger partial charge in [-0.25, -0.2) is 9.78 Å². The van der Waals surface area contributed by atoms with Crippen LogP contribution in [0.4, 0.5) is 0 Å². The van der Waals surface area contributed by atoms with Crippen molar-refractivity contribution in [1.82, 2.24) is 4.98 Å². The van der Waals surface area contributed by atoms with Crippen LogP contribution in [0.3, 0.4) is 0 Å². The summed E-state index contributed by atoms with van der Waals surface area (Å²) in [6, 6.07) is 21.5. The van der Waals surface area contributed by atoms with E-state index < -0.39 is 0 Å². The van der Waals surface area contributed by atoms with Crippen molar-refractivity contribution in [2.45, 2.75) is 11.5 Å². The molecule has 4 rings (SSSR count). The van der Waals surface area contributed by atoms with Gasteiger partial charge in [-0.15, -0.1) is 23.1 Å². The summed E-state index contributed by atoms with van der Waals surface area (Å²) in [6.07, 6.45) is 2.04. The standard InChI is InChI=1S/C22H17NO2S2/c1-26-16-10-8-15(9-11-16)14-25-22(24)18-13-20(21-7-4-12-27-21)23-19-6-3-2-5-17(18)19/h2-13H,14H2,1H3. The Morgan fingerprint density at radius 1 is 1.07 bits per heavy atom. The van der Waals surface area contributed by atoms with Crippen LogP contribution >= 0.6 is 23.1 Å². The molecule has 0 atom stereocenters. The van der Waals surface area contributed by atoms with Gasteiger partial charge in [0.2, 0.25) is 0 Å². The van der Waals surface area contributed by atoms with Crippen molar-refractivity contribution in [1.29, 1.82) is 0 Å². The van der Waals surface area contributed by atoms with Crippen LogP contribution in [0.1, 0.15) is 15.9 Å². The number of para-hydroxylation sites is 1. The maximum absolute atomic E-state index is 12.8. The Hall–Kier alpha value is -2.63.